The van der Waals surface area contributed by atoms with Crippen LogP contribution in [0.25, 0.3) is 0 Å². The Hall–Kier alpha value is -1.18. The van der Waals surface area contributed by atoms with Crippen LogP contribution in [0.4, 0.5) is 4.39 Å². The quantitative estimate of drug-likeness (QED) is 0.836. The van der Waals surface area contributed by atoms with E-state index in [1.165, 1.54) is 0 Å². The molecule has 1 aliphatic carbocycles. The van der Waals surface area contributed by atoms with Crippen molar-refractivity contribution in [2.75, 3.05) is 6.61 Å². The molecule has 5 nitrogen and oxygen atoms in total. The summed E-state index contributed by atoms with van der Waals surface area (Å²) in [6.45, 7) is 2.50. The van der Waals surface area contributed by atoms with Crippen LogP contribution in [-0.4, -0.2) is 33.1 Å². The SMILES string of the molecule is CCOC1CC(NC(=O)c2cc(S(=O)(=O)Cl)ccc2F)C1. The van der Waals surface area contributed by atoms with Gasteiger partial charge in [-0.15, -0.1) is 0 Å². The van der Waals surface area contributed by atoms with E-state index < -0.39 is 20.8 Å². The summed E-state index contributed by atoms with van der Waals surface area (Å²) >= 11 is 0. The number of carbonyl (C=O) groups is 1. The van der Waals surface area contributed by atoms with E-state index in [-0.39, 0.29) is 22.6 Å². The van der Waals surface area contributed by atoms with Gasteiger partial charge in [0.25, 0.3) is 15.0 Å². The van der Waals surface area contributed by atoms with Crippen LogP contribution >= 0.6 is 10.7 Å². The van der Waals surface area contributed by atoms with E-state index in [9.17, 15) is 17.6 Å². The molecule has 1 aliphatic rings. The summed E-state index contributed by atoms with van der Waals surface area (Å²) in [4.78, 5) is 11.7. The third-order valence-corrected chi connectivity index (χ3v) is 4.65. The van der Waals surface area contributed by atoms with Crippen molar-refractivity contribution in [3.05, 3.63) is 29.6 Å². The van der Waals surface area contributed by atoms with Gasteiger partial charge in [-0.1, -0.05) is 0 Å². The lowest BCUT2D eigenvalue weighted by atomic mass is 9.89. The summed E-state index contributed by atoms with van der Waals surface area (Å²) in [5.74, 6) is -1.45. The Balaban J connectivity index is 2.06. The Morgan fingerprint density at radius 1 is 1.48 bits per heavy atom. The standard InChI is InChI=1S/C13H15ClFNO4S/c1-2-20-9-5-8(6-9)16-13(17)11-7-10(21(14,18)19)3-4-12(11)15/h3-4,7-9H,2,5-6H2,1H3,(H,16,17). The summed E-state index contributed by atoms with van der Waals surface area (Å²) < 4.78 is 41.5. The summed E-state index contributed by atoms with van der Waals surface area (Å²) in [7, 11) is 1.18. The molecule has 0 heterocycles. The van der Waals surface area contributed by atoms with Crippen LogP contribution in [-0.2, 0) is 13.8 Å². The van der Waals surface area contributed by atoms with E-state index in [1.54, 1.807) is 0 Å². The average Bonchev–Trinajstić information content (AvgIpc) is 2.35. The molecular weight excluding hydrogens is 321 g/mol. The number of amides is 1. The molecule has 1 aromatic rings. The van der Waals surface area contributed by atoms with Crippen LogP contribution < -0.4 is 5.32 Å². The summed E-state index contributed by atoms with van der Waals surface area (Å²) in [5, 5.41) is 2.64. The highest BCUT2D eigenvalue weighted by atomic mass is 35.7. The number of hydrogen-bond acceptors (Lipinski definition) is 4. The van der Waals surface area contributed by atoms with Gasteiger partial charge in [-0.2, -0.15) is 0 Å². The van der Waals surface area contributed by atoms with Gasteiger partial charge in [-0.05, 0) is 38.0 Å². The van der Waals surface area contributed by atoms with Crippen LogP contribution in [0.3, 0.4) is 0 Å². The van der Waals surface area contributed by atoms with Crippen LogP contribution in [0.15, 0.2) is 23.1 Å². The van der Waals surface area contributed by atoms with Crippen molar-refractivity contribution in [3.8, 4) is 0 Å². The lowest BCUT2D eigenvalue weighted by molar-refractivity contribution is -0.00865. The third kappa shape index (κ3) is 3.93. The number of hydrogen-bond donors (Lipinski definition) is 1. The van der Waals surface area contributed by atoms with Crippen LogP contribution in [0.2, 0.25) is 0 Å². The van der Waals surface area contributed by atoms with Crippen molar-refractivity contribution in [1.29, 1.82) is 0 Å². The van der Waals surface area contributed by atoms with Crippen molar-refractivity contribution in [1.82, 2.24) is 5.32 Å². The molecule has 1 saturated carbocycles. The highest BCUT2D eigenvalue weighted by Crippen LogP contribution is 2.24. The Morgan fingerprint density at radius 2 is 2.14 bits per heavy atom. The fourth-order valence-electron chi connectivity index (χ4n) is 2.15. The maximum Gasteiger partial charge on any atom is 0.261 e. The first-order valence-electron chi connectivity index (χ1n) is 6.48. The van der Waals surface area contributed by atoms with E-state index in [4.69, 9.17) is 15.4 Å². The highest BCUT2D eigenvalue weighted by Gasteiger charge is 2.31. The smallest absolute Gasteiger partial charge is 0.261 e. The first-order valence-corrected chi connectivity index (χ1v) is 8.79. The maximum absolute atomic E-state index is 13.7. The molecule has 0 unspecified atom stereocenters. The van der Waals surface area contributed by atoms with Gasteiger partial charge < -0.3 is 10.1 Å². The molecule has 116 valence electrons. The highest BCUT2D eigenvalue weighted by molar-refractivity contribution is 8.13. The van der Waals surface area contributed by atoms with Crippen molar-refractivity contribution in [3.63, 3.8) is 0 Å². The van der Waals surface area contributed by atoms with Gasteiger partial charge in [0.1, 0.15) is 5.82 Å². The zero-order chi connectivity index (χ0) is 15.6. The molecule has 0 aromatic heterocycles. The van der Waals surface area contributed by atoms with Crippen molar-refractivity contribution in [2.45, 2.75) is 36.8 Å². The average molecular weight is 336 g/mol. The minimum Gasteiger partial charge on any atom is -0.378 e. The van der Waals surface area contributed by atoms with Gasteiger partial charge in [-0.25, -0.2) is 12.8 Å². The lowest BCUT2D eigenvalue weighted by Crippen LogP contribution is -2.48. The second-order valence-electron chi connectivity index (χ2n) is 4.80. The maximum atomic E-state index is 13.7. The van der Waals surface area contributed by atoms with Gasteiger partial charge >= 0.3 is 0 Å². The normalized spacial score (nSPS) is 21.7. The Labute approximate surface area is 126 Å². The fraction of sp³-hybridized carbons (Fsp3) is 0.462. The molecule has 2 rings (SSSR count). The van der Waals surface area contributed by atoms with E-state index in [2.05, 4.69) is 5.32 Å². The van der Waals surface area contributed by atoms with Crippen LogP contribution in [0.5, 0.6) is 0 Å². The topological polar surface area (TPSA) is 72.5 Å². The Kier molecular flexibility index (Phi) is 4.85. The van der Waals surface area contributed by atoms with E-state index in [1.807, 2.05) is 6.92 Å². The summed E-state index contributed by atoms with van der Waals surface area (Å²) in [6, 6.07) is 2.77. The number of benzene rings is 1. The lowest BCUT2D eigenvalue weighted by Gasteiger charge is -2.35. The molecule has 0 atom stereocenters. The van der Waals surface area contributed by atoms with Crippen molar-refractivity contribution >= 4 is 25.6 Å². The Bertz CT molecular complexity index is 644. The number of ether oxygens (including phenoxy) is 1. The first-order chi connectivity index (χ1) is 9.81. The van der Waals surface area contributed by atoms with Crippen LogP contribution in [0, 0.1) is 5.82 Å². The molecule has 21 heavy (non-hydrogen) atoms. The molecule has 1 fully saturated rings. The van der Waals surface area contributed by atoms with Gasteiger partial charge in [0.05, 0.1) is 16.6 Å². The first kappa shape index (κ1) is 16.2. The van der Waals surface area contributed by atoms with Crippen LogP contribution in [0.1, 0.15) is 30.1 Å². The number of rotatable bonds is 5. The molecule has 0 radical (unpaired) electrons. The van der Waals surface area contributed by atoms with E-state index in [0.717, 1.165) is 18.2 Å². The Morgan fingerprint density at radius 3 is 2.71 bits per heavy atom. The monoisotopic (exact) mass is 335 g/mol. The number of nitrogens with one attached hydrogen (secondary N) is 1. The van der Waals surface area contributed by atoms with Gasteiger partial charge in [0.15, 0.2) is 0 Å². The minimum atomic E-state index is -4.01. The summed E-state index contributed by atoms with van der Waals surface area (Å²) in [6.07, 6.45) is 1.43. The zero-order valence-electron chi connectivity index (χ0n) is 11.3. The van der Waals surface area contributed by atoms with Crippen molar-refractivity contribution < 1.29 is 22.3 Å². The molecule has 1 aromatic carbocycles. The predicted molar refractivity (Wildman–Crippen MR) is 75.3 cm³/mol. The summed E-state index contributed by atoms with van der Waals surface area (Å²) in [5.41, 5.74) is -0.336. The van der Waals surface area contributed by atoms with Gasteiger partial charge in [0.2, 0.25) is 0 Å². The van der Waals surface area contributed by atoms with Gasteiger partial charge in [-0.3, -0.25) is 4.79 Å². The van der Waals surface area contributed by atoms with Crippen molar-refractivity contribution in [2.24, 2.45) is 0 Å². The predicted octanol–water partition coefficient (Wildman–Crippen LogP) is 2.05. The molecule has 8 heteroatoms. The van der Waals surface area contributed by atoms with E-state index in [0.29, 0.717) is 19.4 Å². The molecule has 0 spiro atoms. The van der Waals surface area contributed by atoms with E-state index >= 15 is 0 Å². The second-order valence-corrected chi connectivity index (χ2v) is 7.36. The molecule has 0 bridgehead atoms. The molecule has 1 amide bonds. The number of halogens is 2. The van der Waals surface area contributed by atoms with Gasteiger partial charge in [0, 0.05) is 23.3 Å². The fourth-order valence-corrected chi connectivity index (χ4v) is 2.93. The largest absolute Gasteiger partial charge is 0.378 e. The molecule has 0 saturated heterocycles. The molecule has 0 aliphatic heterocycles. The second kappa shape index (κ2) is 6.29. The zero-order valence-corrected chi connectivity index (χ0v) is 12.9. The minimum absolute atomic E-state index is 0.0929. The number of carbonyl (C=O) groups excluding carboxylic acids is 1. The molecular formula is C13H15ClFNO4S. The molecule has 1 N–H and O–H groups in total. The third-order valence-electron chi connectivity index (χ3n) is 3.30.